The van der Waals surface area contributed by atoms with E-state index in [4.69, 9.17) is 0 Å². The number of carbonyl (C=O) groups is 2. The highest BCUT2D eigenvalue weighted by Crippen LogP contribution is 2.37. The van der Waals surface area contributed by atoms with Gasteiger partial charge in [0, 0.05) is 31.4 Å². The summed E-state index contributed by atoms with van der Waals surface area (Å²) in [5.74, 6) is 1.39. The van der Waals surface area contributed by atoms with E-state index < -0.39 is 6.04 Å². The average molecular weight is 317 g/mol. The Balaban J connectivity index is 1.39. The van der Waals surface area contributed by atoms with E-state index in [0.29, 0.717) is 31.8 Å². The molecular formula is C16H23N5O2. The molecule has 1 aromatic heterocycles. The highest BCUT2D eigenvalue weighted by Gasteiger charge is 2.26. The van der Waals surface area contributed by atoms with Gasteiger partial charge in [0.05, 0.1) is 0 Å². The van der Waals surface area contributed by atoms with Gasteiger partial charge >= 0.3 is 6.03 Å². The van der Waals surface area contributed by atoms with Crippen molar-refractivity contribution in [2.24, 2.45) is 0 Å². The van der Waals surface area contributed by atoms with Crippen LogP contribution in [-0.4, -0.2) is 41.0 Å². The van der Waals surface area contributed by atoms with Gasteiger partial charge in [0.25, 0.3) is 0 Å². The Morgan fingerprint density at radius 3 is 2.74 bits per heavy atom. The molecule has 1 aliphatic carbocycles. The van der Waals surface area contributed by atoms with E-state index in [-0.39, 0.29) is 11.9 Å². The summed E-state index contributed by atoms with van der Waals surface area (Å²) in [5.41, 5.74) is 1.00. The van der Waals surface area contributed by atoms with E-state index >= 15 is 0 Å². The Kier molecular flexibility index (Phi) is 5.05. The minimum atomic E-state index is -0.432. The van der Waals surface area contributed by atoms with Gasteiger partial charge in [-0.1, -0.05) is 0 Å². The molecule has 0 aromatic carbocycles. The summed E-state index contributed by atoms with van der Waals surface area (Å²) in [5, 5.41) is 8.32. The molecule has 2 fully saturated rings. The Labute approximate surface area is 135 Å². The van der Waals surface area contributed by atoms with Crippen LogP contribution in [0.5, 0.6) is 0 Å². The largest absolute Gasteiger partial charge is 0.354 e. The van der Waals surface area contributed by atoms with Gasteiger partial charge in [0.15, 0.2) is 0 Å². The molecular weight excluding hydrogens is 294 g/mol. The summed E-state index contributed by atoms with van der Waals surface area (Å²) in [6.45, 7) is 1.18. The summed E-state index contributed by atoms with van der Waals surface area (Å²) in [7, 11) is 0. The maximum atomic E-state index is 11.9. The average Bonchev–Trinajstić information content (AvgIpc) is 3.39. The first-order chi connectivity index (χ1) is 11.2. The summed E-state index contributed by atoms with van der Waals surface area (Å²) < 4.78 is 0. The SMILES string of the molecule is O=C(NCCc1cnc(C2CC2)nc1)NC1CCCCNC1=O. The van der Waals surface area contributed by atoms with Crippen molar-refractivity contribution >= 4 is 11.9 Å². The lowest BCUT2D eigenvalue weighted by molar-refractivity contribution is -0.122. The topological polar surface area (TPSA) is 96.0 Å². The van der Waals surface area contributed by atoms with Crippen LogP contribution < -0.4 is 16.0 Å². The fourth-order valence-electron chi connectivity index (χ4n) is 2.65. The summed E-state index contributed by atoms with van der Waals surface area (Å²) in [6.07, 6.45) is 9.31. The number of hydrogen-bond acceptors (Lipinski definition) is 4. The van der Waals surface area contributed by atoms with Gasteiger partial charge in [0.1, 0.15) is 11.9 Å². The van der Waals surface area contributed by atoms with Crippen LogP contribution in [0, 0.1) is 0 Å². The van der Waals surface area contributed by atoms with Crippen LogP contribution in [0.2, 0.25) is 0 Å². The standard InChI is InChI=1S/C16H23N5O2/c22-15-13(3-1-2-7-17-15)21-16(23)18-8-6-11-9-19-14(20-10-11)12-4-5-12/h9-10,12-13H,1-8H2,(H,17,22)(H2,18,21,23). The number of carbonyl (C=O) groups excluding carboxylic acids is 2. The summed E-state index contributed by atoms with van der Waals surface area (Å²) in [4.78, 5) is 32.4. The van der Waals surface area contributed by atoms with Crippen molar-refractivity contribution in [1.29, 1.82) is 0 Å². The second kappa shape index (κ2) is 7.39. The van der Waals surface area contributed by atoms with Gasteiger partial charge in [-0.15, -0.1) is 0 Å². The molecule has 23 heavy (non-hydrogen) atoms. The number of amides is 3. The van der Waals surface area contributed by atoms with Crippen molar-refractivity contribution in [2.45, 2.75) is 50.5 Å². The van der Waals surface area contributed by atoms with Crippen LogP contribution in [0.25, 0.3) is 0 Å². The number of hydrogen-bond donors (Lipinski definition) is 3. The highest BCUT2D eigenvalue weighted by atomic mass is 16.2. The molecule has 0 bridgehead atoms. The Bertz CT molecular complexity index is 556. The molecule has 1 unspecified atom stereocenters. The molecule has 3 amide bonds. The predicted molar refractivity (Wildman–Crippen MR) is 84.9 cm³/mol. The monoisotopic (exact) mass is 317 g/mol. The van der Waals surface area contributed by atoms with Crippen LogP contribution in [-0.2, 0) is 11.2 Å². The van der Waals surface area contributed by atoms with E-state index in [1.807, 2.05) is 12.4 Å². The second-order valence-corrected chi connectivity index (χ2v) is 6.21. The Hall–Kier alpha value is -2.18. The van der Waals surface area contributed by atoms with E-state index in [9.17, 15) is 9.59 Å². The van der Waals surface area contributed by atoms with E-state index in [1.165, 1.54) is 12.8 Å². The van der Waals surface area contributed by atoms with Crippen molar-refractivity contribution in [1.82, 2.24) is 25.9 Å². The van der Waals surface area contributed by atoms with Gasteiger partial charge < -0.3 is 16.0 Å². The molecule has 2 heterocycles. The number of rotatable bonds is 5. The number of urea groups is 1. The Morgan fingerprint density at radius 2 is 2.00 bits per heavy atom. The molecule has 1 atom stereocenters. The maximum Gasteiger partial charge on any atom is 0.315 e. The number of aromatic nitrogens is 2. The fourth-order valence-corrected chi connectivity index (χ4v) is 2.65. The van der Waals surface area contributed by atoms with Gasteiger partial charge in [-0.3, -0.25) is 4.79 Å². The van der Waals surface area contributed by atoms with Crippen LogP contribution in [0.3, 0.4) is 0 Å². The lowest BCUT2D eigenvalue weighted by atomic mass is 10.1. The fraction of sp³-hybridized carbons (Fsp3) is 0.625. The zero-order valence-electron chi connectivity index (χ0n) is 13.2. The van der Waals surface area contributed by atoms with Crippen molar-refractivity contribution < 1.29 is 9.59 Å². The summed E-state index contributed by atoms with van der Waals surface area (Å²) in [6, 6.07) is -0.735. The van der Waals surface area contributed by atoms with Gasteiger partial charge in [-0.2, -0.15) is 0 Å². The normalized spacial score (nSPS) is 21.2. The molecule has 1 aliphatic heterocycles. The van der Waals surface area contributed by atoms with Crippen LogP contribution in [0.1, 0.15) is 49.4 Å². The highest BCUT2D eigenvalue weighted by molar-refractivity contribution is 5.87. The molecule has 3 rings (SSSR count). The first-order valence-corrected chi connectivity index (χ1v) is 8.35. The van der Waals surface area contributed by atoms with Gasteiger partial charge in [-0.05, 0) is 44.1 Å². The molecule has 0 radical (unpaired) electrons. The van der Waals surface area contributed by atoms with E-state index in [0.717, 1.165) is 24.2 Å². The van der Waals surface area contributed by atoms with Gasteiger partial charge in [0.2, 0.25) is 5.91 Å². The third-order valence-corrected chi connectivity index (χ3v) is 4.21. The molecule has 1 saturated carbocycles. The van der Waals surface area contributed by atoms with Crippen molar-refractivity contribution in [3.8, 4) is 0 Å². The molecule has 1 saturated heterocycles. The first-order valence-electron chi connectivity index (χ1n) is 8.35. The van der Waals surface area contributed by atoms with E-state index in [2.05, 4.69) is 25.9 Å². The van der Waals surface area contributed by atoms with Crippen LogP contribution in [0.4, 0.5) is 4.79 Å². The van der Waals surface area contributed by atoms with Crippen molar-refractivity contribution in [3.05, 3.63) is 23.8 Å². The first kappa shape index (κ1) is 15.7. The number of nitrogens with one attached hydrogen (secondary N) is 3. The molecule has 7 heteroatoms. The lowest BCUT2D eigenvalue weighted by Crippen LogP contribution is -2.49. The van der Waals surface area contributed by atoms with Crippen molar-refractivity contribution in [3.63, 3.8) is 0 Å². The zero-order valence-corrected chi connectivity index (χ0v) is 13.2. The third kappa shape index (κ3) is 4.64. The minimum Gasteiger partial charge on any atom is -0.354 e. The molecule has 124 valence electrons. The minimum absolute atomic E-state index is 0.0956. The molecule has 1 aromatic rings. The van der Waals surface area contributed by atoms with Crippen LogP contribution in [0.15, 0.2) is 12.4 Å². The third-order valence-electron chi connectivity index (χ3n) is 4.21. The molecule has 0 spiro atoms. The second-order valence-electron chi connectivity index (χ2n) is 6.21. The molecule has 3 N–H and O–H groups in total. The summed E-state index contributed by atoms with van der Waals surface area (Å²) >= 11 is 0. The zero-order chi connectivity index (χ0) is 16.1. The van der Waals surface area contributed by atoms with E-state index in [1.54, 1.807) is 0 Å². The number of nitrogens with zero attached hydrogens (tertiary/aromatic N) is 2. The smallest absolute Gasteiger partial charge is 0.315 e. The molecule has 2 aliphatic rings. The van der Waals surface area contributed by atoms with Gasteiger partial charge in [-0.25, -0.2) is 14.8 Å². The van der Waals surface area contributed by atoms with Crippen LogP contribution >= 0.6 is 0 Å². The quantitative estimate of drug-likeness (QED) is 0.750. The molecule has 7 nitrogen and oxygen atoms in total. The predicted octanol–water partition coefficient (Wildman–Crippen LogP) is 0.864. The Morgan fingerprint density at radius 1 is 1.22 bits per heavy atom. The van der Waals surface area contributed by atoms with Crippen molar-refractivity contribution in [2.75, 3.05) is 13.1 Å². The maximum absolute atomic E-state index is 11.9. The lowest BCUT2D eigenvalue weighted by Gasteiger charge is -2.15.